The molecule has 1 aliphatic heterocycles. The van der Waals surface area contributed by atoms with Crippen molar-refractivity contribution in [3.05, 3.63) is 52.7 Å². The van der Waals surface area contributed by atoms with E-state index >= 15 is 0 Å². The van der Waals surface area contributed by atoms with Crippen molar-refractivity contribution in [3.8, 4) is 5.75 Å². The van der Waals surface area contributed by atoms with Gasteiger partial charge in [-0.2, -0.15) is 5.10 Å². The molecule has 0 saturated carbocycles. The van der Waals surface area contributed by atoms with E-state index in [1.54, 1.807) is 0 Å². The highest BCUT2D eigenvalue weighted by molar-refractivity contribution is 5.38. The van der Waals surface area contributed by atoms with E-state index in [0.717, 1.165) is 35.7 Å². The van der Waals surface area contributed by atoms with E-state index in [1.165, 1.54) is 5.56 Å². The predicted molar refractivity (Wildman–Crippen MR) is 92.5 cm³/mol. The first-order valence-electron chi connectivity index (χ1n) is 8.50. The molecule has 0 spiro atoms. The van der Waals surface area contributed by atoms with E-state index in [1.807, 2.05) is 29.8 Å². The number of rotatable bonds is 5. The van der Waals surface area contributed by atoms with E-state index in [9.17, 15) is 0 Å². The normalized spacial score (nSPS) is 15.9. The Labute approximate surface area is 146 Å². The van der Waals surface area contributed by atoms with Gasteiger partial charge in [0, 0.05) is 30.8 Å². The number of aryl methyl sites for hydroxylation is 2. The van der Waals surface area contributed by atoms with E-state index < -0.39 is 0 Å². The minimum Gasteiger partial charge on any atom is -0.480 e. The number of anilines is 1. The van der Waals surface area contributed by atoms with Crippen molar-refractivity contribution < 1.29 is 9.15 Å². The standard InChI is InChI=1S/C18H21N5O2/c1-4-23-12(3)14(11(2)22-23)10-19-18-21-20-17(25-18)16-9-13-7-5-6-8-15(13)24-16/h5-8,16H,4,9-10H2,1-3H3,(H,19,21)/t16-/m1/s1. The number of benzene rings is 1. The monoisotopic (exact) mass is 339 g/mol. The van der Waals surface area contributed by atoms with Crippen LogP contribution >= 0.6 is 0 Å². The Balaban J connectivity index is 1.44. The van der Waals surface area contributed by atoms with Crippen molar-refractivity contribution in [2.75, 3.05) is 5.32 Å². The number of nitrogens with one attached hydrogen (secondary N) is 1. The predicted octanol–water partition coefficient (Wildman–Crippen LogP) is 3.19. The van der Waals surface area contributed by atoms with Gasteiger partial charge in [-0.15, -0.1) is 5.10 Å². The number of ether oxygens (including phenoxy) is 1. The number of fused-ring (bicyclic) bond motifs is 1. The number of aromatic nitrogens is 4. The second-order valence-electron chi connectivity index (χ2n) is 6.18. The molecule has 3 aromatic rings. The first-order valence-corrected chi connectivity index (χ1v) is 8.50. The fourth-order valence-electron chi connectivity index (χ4n) is 3.22. The van der Waals surface area contributed by atoms with Crippen LogP contribution in [0.25, 0.3) is 0 Å². The average molecular weight is 339 g/mol. The molecule has 7 nitrogen and oxygen atoms in total. The van der Waals surface area contributed by atoms with Gasteiger partial charge in [-0.05, 0) is 32.4 Å². The molecule has 0 amide bonds. The lowest BCUT2D eigenvalue weighted by Gasteiger charge is -2.05. The van der Waals surface area contributed by atoms with Gasteiger partial charge in [0.1, 0.15) is 5.75 Å². The third-order valence-electron chi connectivity index (χ3n) is 4.61. The van der Waals surface area contributed by atoms with Crippen molar-refractivity contribution >= 4 is 6.01 Å². The molecule has 0 aliphatic carbocycles. The summed E-state index contributed by atoms with van der Waals surface area (Å²) in [6.45, 7) is 7.63. The lowest BCUT2D eigenvalue weighted by molar-refractivity contribution is 0.199. The summed E-state index contributed by atoms with van der Waals surface area (Å²) in [6, 6.07) is 8.39. The maximum atomic E-state index is 5.89. The van der Waals surface area contributed by atoms with Crippen LogP contribution < -0.4 is 10.1 Å². The third kappa shape index (κ3) is 2.86. The Morgan fingerprint density at radius 2 is 2.08 bits per heavy atom. The molecule has 0 fully saturated rings. The Hall–Kier alpha value is -2.83. The summed E-state index contributed by atoms with van der Waals surface area (Å²) in [7, 11) is 0. The minimum absolute atomic E-state index is 0.216. The van der Waals surface area contributed by atoms with Crippen LogP contribution in [0.1, 0.15) is 41.4 Å². The van der Waals surface area contributed by atoms with Crippen molar-refractivity contribution in [2.24, 2.45) is 0 Å². The third-order valence-corrected chi connectivity index (χ3v) is 4.61. The zero-order chi connectivity index (χ0) is 17.4. The van der Waals surface area contributed by atoms with Crippen molar-refractivity contribution in [1.82, 2.24) is 20.0 Å². The molecule has 0 saturated heterocycles. The highest BCUT2D eigenvalue weighted by atomic mass is 16.5. The fourth-order valence-corrected chi connectivity index (χ4v) is 3.22. The molecule has 130 valence electrons. The van der Waals surface area contributed by atoms with Crippen LogP contribution in [0.3, 0.4) is 0 Å². The van der Waals surface area contributed by atoms with Gasteiger partial charge >= 0.3 is 6.01 Å². The molecule has 0 bridgehead atoms. The molecular weight excluding hydrogens is 318 g/mol. The Morgan fingerprint density at radius 1 is 1.24 bits per heavy atom. The summed E-state index contributed by atoms with van der Waals surface area (Å²) >= 11 is 0. The topological polar surface area (TPSA) is 78.0 Å². The van der Waals surface area contributed by atoms with E-state index in [0.29, 0.717) is 18.5 Å². The van der Waals surface area contributed by atoms with Crippen molar-refractivity contribution in [3.63, 3.8) is 0 Å². The Kier molecular flexibility index (Phi) is 3.91. The summed E-state index contributed by atoms with van der Waals surface area (Å²) in [6.07, 6.45) is 0.533. The molecule has 1 N–H and O–H groups in total. The van der Waals surface area contributed by atoms with Crippen LogP contribution in [0.4, 0.5) is 6.01 Å². The minimum atomic E-state index is -0.216. The summed E-state index contributed by atoms with van der Waals surface area (Å²) < 4.78 is 13.6. The van der Waals surface area contributed by atoms with Gasteiger partial charge in [-0.1, -0.05) is 23.3 Å². The van der Waals surface area contributed by atoms with Crippen LogP contribution in [0.2, 0.25) is 0 Å². The number of hydrogen-bond acceptors (Lipinski definition) is 6. The van der Waals surface area contributed by atoms with Crippen LogP contribution in [-0.2, 0) is 19.5 Å². The lowest BCUT2D eigenvalue weighted by atomic mass is 10.1. The average Bonchev–Trinajstić information content (AvgIpc) is 3.30. The molecule has 7 heteroatoms. The highest BCUT2D eigenvalue weighted by Gasteiger charge is 2.28. The second-order valence-corrected chi connectivity index (χ2v) is 6.18. The van der Waals surface area contributed by atoms with Gasteiger partial charge in [-0.25, -0.2) is 0 Å². The summed E-state index contributed by atoms with van der Waals surface area (Å²) in [5.74, 6) is 1.38. The Bertz CT molecular complexity index is 874. The largest absolute Gasteiger partial charge is 0.480 e. The maximum absolute atomic E-state index is 5.89. The maximum Gasteiger partial charge on any atom is 0.315 e. The van der Waals surface area contributed by atoms with E-state index in [-0.39, 0.29) is 6.10 Å². The molecule has 0 radical (unpaired) electrons. The molecule has 4 rings (SSSR count). The first kappa shape index (κ1) is 15.7. The quantitative estimate of drug-likeness (QED) is 0.769. The van der Waals surface area contributed by atoms with E-state index in [4.69, 9.17) is 9.15 Å². The Morgan fingerprint density at radius 3 is 2.84 bits per heavy atom. The lowest BCUT2D eigenvalue weighted by Crippen LogP contribution is -2.04. The van der Waals surface area contributed by atoms with Gasteiger partial charge < -0.3 is 14.5 Å². The number of hydrogen-bond donors (Lipinski definition) is 1. The second kappa shape index (κ2) is 6.23. The molecule has 1 aromatic carbocycles. The molecular formula is C18H21N5O2. The first-order chi connectivity index (χ1) is 12.2. The molecule has 0 unspecified atom stereocenters. The fraction of sp³-hybridized carbons (Fsp3) is 0.389. The zero-order valence-corrected chi connectivity index (χ0v) is 14.6. The zero-order valence-electron chi connectivity index (χ0n) is 14.6. The van der Waals surface area contributed by atoms with Gasteiger partial charge in [0.25, 0.3) is 5.89 Å². The molecule has 1 atom stereocenters. The van der Waals surface area contributed by atoms with E-state index in [2.05, 4.69) is 40.5 Å². The van der Waals surface area contributed by atoms with Crippen LogP contribution in [-0.4, -0.2) is 20.0 Å². The SMILES string of the molecule is CCn1nc(C)c(CNc2nnc([C@H]3Cc4ccccc4O3)o2)c1C. The summed E-state index contributed by atoms with van der Waals surface area (Å²) in [5.41, 5.74) is 4.49. The van der Waals surface area contributed by atoms with Crippen molar-refractivity contribution in [1.29, 1.82) is 0 Å². The van der Waals surface area contributed by atoms with Crippen LogP contribution in [0.15, 0.2) is 28.7 Å². The number of nitrogens with zero attached hydrogens (tertiary/aromatic N) is 4. The van der Waals surface area contributed by atoms with Gasteiger partial charge in [0.2, 0.25) is 0 Å². The number of para-hydroxylation sites is 1. The summed E-state index contributed by atoms with van der Waals surface area (Å²) in [4.78, 5) is 0. The van der Waals surface area contributed by atoms with Crippen LogP contribution in [0, 0.1) is 13.8 Å². The molecule has 3 heterocycles. The van der Waals surface area contributed by atoms with Gasteiger partial charge in [0.15, 0.2) is 6.10 Å². The van der Waals surface area contributed by atoms with Gasteiger partial charge in [0.05, 0.1) is 5.69 Å². The highest BCUT2D eigenvalue weighted by Crippen LogP contribution is 2.36. The van der Waals surface area contributed by atoms with Gasteiger partial charge in [-0.3, -0.25) is 4.68 Å². The molecule has 25 heavy (non-hydrogen) atoms. The summed E-state index contributed by atoms with van der Waals surface area (Å²) in [5, 5.41) is 15.9. The smallest absolute Gasteiger partial charge is 0.315 e. The van der Waals surface area contributed by atoms with Crippen LogP contribution in [0.5, 0.6) is 5.75 Å². The molecule has 1 aliphatic rings. The molecule has 2 aromatic heterocycles. The van der Waals surface area contributed by atoms with Crippen molar-refractivity contribution in [2.45, 2.75) is 46.4 Å².